The van der Waals surface area contributed by atoms with Gasteiger partial charge in [0.1, 0.15) is 6.33 Å². The van der Waals surface area contributed by atoms with Crippen molar-refractivity contribution in [2.24, 2.45) is 5.73 Å². The first-order valence-corrected chi connectivity index (χ1v) is 13.4. The van der Waals surface area contributed by atoms with Gasteiger partial charge >= 0.3 is 12.0 Å². The van der Waals surface area contributed by atoms with E-state index in [4.69, 9.17) is 22.1 Å². The second kappa shape index (κ2) is 10.5. The van der Waals surface area contributed by atoms with Crippen LogP contribution in [0.4, 0.5) is 16.2 Å². The highest BCUT2D eigenvalue weighted by Crippen LogP contribution is 2.48. The largest absolute Gasteiger partial charge is 0.469 e. The van der Waals surface area contributed by atoms with Gasteiger partial charge < -0.3 is 10.5 Å². The fourth-order valence-corrected chi connectivity index (χ4v) is 6.74. The minimum absolute atomic E-state index is 0.209. The predicted molar refractivity (Wildman–Crippen MR) is 147 cm³/mol. The Morgan fingerprint density at radius 3 is 2.62 bits per heavy atom. The summed E-state index contributed by atoms with van der Waals surface area (Å²) in [6, 6.07) is 13.9. The van der Waals surface area contributed by atoms with Crippen molar-refractivity contribution in [2.75, 3.05) is 12.0 Å². The first-order valence-electron chi connectivity index (χ1n) is 12.2. The van der Waals surface area contributed by atoms with Gasteiger partial charge in [0.25, 0.3) is 0 Å². The number of urea groups is 1. The molecule has 4 aromatic rings. The summed E-state index contributed by atoms with van der Waals surface area (Å²) in [6.45, 7) is 0. The highest BCUT2D eigenvalue weighted by atomic mass is 35.5. The molecule has 0 bridgehead atoms. The van der Waals surface area contributed by atoms with Gasteiger partial charge in [-0.15, -0.1) is 11.3 Å². The van der Waals surface area contributed by atoms with Crippen LogP contribution in [-0.2, 0) is 14.9 Å². The van der Waals surface area contributed by atoms with E-state index in [1.807, 2.05) is 24.3 Å². The number of nitrogens with zero attached hydrogens (tertiary/aromatic N) is 3. The molecule has 2 aromatic heterocycles. The van der Waals surface area contributed by atoms with E-state index >= 15 is 0 Å². The van der Waals surface area contributed by atoms with Gasteiger partial charge in [-0.25, -0.2) is 14.8 Å². The third-order valence-electron chi connectivity index (χ3n) is 7.13. The predicted octanol–water partition coefficient (Wildman–Crippen LogP) is 6.99. The molecule has 0 atom stereocenters. The Hall–Kier alpha value is -3.49. The molecule has 1 aliphatic carbocycles. The van der Waals surface area contributed by atoms with Crippen LogP contribution in [0.25, 0.3) is 21.5 Å². The number of nitrogens with two attached hydrogens (primary N) is 1. The first kappa shape index (κ1) is 25.2. The minimum Gasteiger partial charge on any atom is -0.469 e. The van der Waals surface area contributed by atoms with Gasteiger partial charge in [-0.2, -0.15) is 0 Å². The van der Waals surface area contributed by atoms with E-state index in [2.05, 4.69) is 15.3 Å². The van der Waals surface area contributed by atoms with Crippen LogP contribution in [0.2, 0.25) is 5.02 Å². The molecule has 2 amide bonds. The van der Waals surface area contributed by atoms with Crippen molar-refractivity contribution >= 4 is 56.5 Å². The number of anilines is 2. The molecule has 2 aromatic carbocycles. The molecular formula is C28H27ClN4O3S. The summed E-state index contributed by atoms with van der Waals surface area (Å²) in [6.07, 6.45) is 6.97. The van der Waals surface area contributed by atoms with Crippen molar-refractivity contribution in [2.45, 2.75) is 43.9 Å². The maximum Gasteiger partial charge on any atom is 0.323 e. The molecule has 190 valence electrons. The van der Waals surface area contributed by atoms with Gasteiger partial charge in [0.05, 0.1) is 40.8 Å². The Morgan fingerprint density at radius 2 is 1.89 bits per heavy atom. The van der Waals surface area contributed by atoms with E-state index in [0.717, 1.165) is 53.4 Å². The topological polar surface area (TPSA) is 98.4 Å². The molecule has 0 aliphatic heterocycles. The fourth-order valence-electron chi connectivity index (χ4n) is 5.41. The Bertz CT molecular complexity index is 1460. The van der Waals surface area contributed by atoms with E-state index < -0.39 is 6.03 Å². The highest BCUT2D eigenvalue weighted by molar-refractivity contribution is 7.17. The number of hydrogen-bond donors (Lipinski definition) is 1. The van der Waals surface area contributed by atoms with Crippen molar-refractivity contribution in [3.8, 4) is 11.3 Å². The van der Waals surface area contributed by atoms with Gasteiger partial charge in [0.2, 0.25) is 0 Å². The van der Waals surface area contributed by atoms with E-state index in [1.54, 1.807) is 41.9 Å². The smallest absolute Gasteiger partial charge is 0.323 e. The lowest BCUT2D eigenvalue weighted by molar-refractivity contribution is -0.142. The summed E-state index contributed by atoms with van der Waals surface area (Å²) < 4.78 is 5.97. The van der Waals surface area contributed by atoms with E-state index in [0.29, 0.717) is 28.5 Å². The number of amides is 2. The third kappa shape index (κ3) is 4.79. The van der Waals surface area contributed by atoms with Gasteiger partial charge in [-0.1, -0.05) is 55.1 Å². The molecule has 0 spiro atoms. The Balaban J connectivity index is 1.66. The van der Waals surface area contributed by atoms with Crippen LogP contribution in [0.3, 0.4) is 0 Å². The van der Waals surface area contributed by atoms with Crippen LogP contribution >= 0.6 is 22.9 Å². The van der Waals surface area contributed by atoms with Crippen LogP contribution in [0, 0.1) is 0 Å². The van der Waals surface area contributed by atoms with Crippen molar-refractivity contribution < 1.29 is 14.3 Å². The molecule has 0 saturated heterocycles. The number of carbonyl (C=O) groups excluding carboxylic acids is 2. The Kier molecular flexibility index (Phi) is 7.13. The number of methoxy groups -OCH3 is 1. The molecule has 0 radical (unpaired) electrons. The molecule has 2 heterocycles. The second-order valence-corrected chi connectivity index (χ2v) is 10.6. The number of esters is 1. The standard InChI is InChI=1S/C28H27ClN4O3S/c1-36-23(34)15-28(12-5-2-6-13-28)21-16-37-26-24(31-17-32-25(21)26)20-10-3-4-11-22(20)33(27(30)35)19-9-7-8-18(29)14-19/h3-4,7-11,14,16-17H,2,5-6,12-13,15H2,1H3,(H2,30,35). The van der Waals surface area contributed by atoms with Crippen LogP contribution in [0.15, 0.2) is 60.2 Å². The van der Waals surface area contributed by atoms with E-state index in [1.165, 1.54) is 12.0 Å². The van der Waals surface area contributed by atoms with E-state index in [-0.39, 0.29) is 11.4 Å². The second-order valence-electron chi connectivity index (χ2n) is 9.31. The maximum absolute atomic E-state index is 12.7. The van der Waals surface area contributed by atoms with Crippen molar-refractivity contribution in [1.29, 1.82) is 0 Å². The van der Waals surface area contributed by atoms with Crippen LogP contribution < -0.4 is 10.6 Å². The lowest BCUT2D eigenvalue weighted by Gasteiger charge is -2.36. The average molecular weight is 535 g/mol. The number of halogens is 1. The zero-order chi connectivity index (χ0) is 26.0. The summed E-state index contributed by atoms with van der Waals surface area (Å²) >= 11 is 7.78. The molecular weight excluding hydrogens is 508 g/mol. The highest BCUT2D eigenvalue weighted by Gasteiger charge is 2.39. The third-order valence-corrected chi connectivity index (χ3v) is 8.34. The summed E-state index contributed by atoms with van der Waals surface area (Å²) in [5, 5.41) is 2.61. The molecule has 1 saturated carbocycles. The zero-order valence-corrected chi connectivity index (χ0v) is 22.0. The lowest BCUT2D eigenvalue weighted by Crippen LogP contribution is -2.32. The SMILES string of the molecule is COC(=O)CC1(c2csc3c(-c4ccccc4N(C(N)=O)c4cccc(Cl)c4)ncnc23)CCCCC1. The lowest BCUT2D eigenvalue weighted by atomic mass is 9.68. The number of fused-ring (bicyclic) bond motifs is 1. The Morgan fingerprint density at radius 1 is 1.11 bits per heavy atom. The Labute approximate surface area is 224 Å². The summed E-state index contributed by atoms with van der Waals surface area (Å²) in [5.41, 5.74) is 10.1. The van der Waals surface area contributed by atoms with Gasteiger partial charge in [-0.3, -0.25) is 9.69 Å². The molecule has 37 heavy (non-hydrogen) atoms. The summed E-state index contributed by atoms with van der Waals surface area (Å²) in [5.74, 6) is -0.209. The maximum atomic E-state index is 12.7. The minimum atomic E-state index is -0.633. The molecule has 0 unspecified atom stereocenters. The first-order chi connectivity index (χ1) is 17.9. The molecule has 1 fully saturated rings. The normalized spacial score (nSPS) is 14.9. The fraction of sp³-hybridized carbons (Fsp3) is 0.286. The van der Waals surface area contributed by atoms with Crippen molar-refractivity contribution in [3.05, 3.63) is 70.8 Å². The number of benzene rings is 2. The number of carbonyl (C=O) groups is 2. The van der Waals surface area contributed by atoms with Crippen LogP contribution in [0.5, 0.6) is 0 Å². The summed E-state index contributed by atoms with van der Waals surface area (Å²) in [4.78, 5) is 35.9. The monoisotopic (exact) mass is 534 g/mol. The zero-order valence-electron chi connectivity index (χ0n) is 20.4. The number of aromatic nitrogens is 2. The number of ether oxygens (including phenoxy) is 1. The number of rotatable bonds is 6. The van der Waals surface area contributed by atoms with Crippen LogP contribution in [0.1, 0.15) is 44.1 Å². The number of hydrogen-bond acceptors (Lipinski definition) is 6. The van der Waals surface area contributed by atoms with Crippen molar-refractivity contribution in [3.63, 3.8) is 0 Å². The summed E-state index contributed by atoms with van der Waals surface area (Å²) in [7, 11) is 1.44. The number of thiophene rings is 1. The average Bonchev–Trinajstić information content (AvgIpc) is 3.35. The number of para-hydroxylation sites is 1. The van der Waals surface area contributed by atoms with Gasteiger partial charge in [0.15, 0.2) is 0 Å². The van der Waals surface area contributed by atoms with Gasteiger partial charge in [0, 0.05) is 16.0 Å². The van der Waals surface area contributed by atoms with Crippen LogP contribution in [-0.4, -0.2) is 29.1 Å². The quantitative estimate of drug-likeness (QED) is 0.269. The molecule has 2 N–H and O–H groups in total. The molecule has 5 rings (SSSR count). The molecule has 7 nitrogen and oxygen atoms in total. The van der Waals surface area contributed by atoms with Crippen molar-refractivity contribution in [1.82, 2.24) is 9.97 Å². The molecule has 1 aliphatic rings. The number of primary amides is 1. The molecule has 9 heteroatoms. The van der Waals surface area contributed by atoms with E-state index in [9.17, 15) is 9.59 Å². The van der Waals surface area contributed by atoms with Gasteiger partial charge in [-0.05, 0) is 48.1 Å².